The summed E-state index contributed by atoms with van der Waals surface area (Å²) in [6.45, 7) is 0. The molecule has 1 atom stereocenters. The monoisotopic (exact) mass is 292 g/mol. The van der Waals surface area contributed by atoms with Crippen molar-refractivity contribution in [2.24, 2.45) is 0 Å². The number of hydrogen-bond acceptors (Lipinski definition) is 0. The van der Waals surface area contributed by atoms with E-state index in [1.54, 1.807) is 30.3 Å². The topological polar surface area (TPSA) is 0 Å². The molecule has 1 heterocycles. The van der Waals surface area contributed by atoms with Gasteiger partial charge in [0.15, 0.2) is 9.58 Å². The standard InChI is InChI=1S/C13H12F3S.ClH/c14-13(15,16)17-11-7-2-1-4-10(11)8-12(17)9-5-3-6-9;/h1-2,4,7-9H,3,5-6H2;1H/q+1;/p-1. The Bertz CT molecular complexity index is 555. The van der Waals surface area contributed by atoms with Crippen LogP contribution >= 0.6 is 10.5 Å². The Morgan fingerprint density at radius 2 is 1.78 bits per heavy atom. The van der Waals surface area contributed by atoms with Crippen LogP contribution in [0.5, 0.6) is 0 Å². The zero-order valence-electron chi connectivity index (χ0n) is 9.51. The lowest BCUT2D eigenvalue weighted by Crippen LogP contribution is -3.00. The normalized spacial score (nSPS) is 17.4. The van der Waals surface area contributed by atoms with Crippen molar-refractivity contribution < 1.29 is 25.6 Å². The van der Waals surface area contributed by atoms with E-state index in [9.17, 15) is 13.2 Å². The summed E-state index contributed by atoms with van der Waals surface area (Å²) in [5.74, 6) is 0.160. The molecule has 1 aliphatic carbocycles. The van der Waals surface area contributed by atoms with Gasteiger partial charge >= 0.3 is 5.51 Å². The quantitative estimate of drug-likeness (QED) is 0.708. The summed E-state index contributed by atoms with van der Waals surface area (Å²) in [5.41, 5.74) is -4.13. The summed E-state index contributed by atoms with van der Waals surface area (Å²) < 4.78 is 40.0. The van der Waals surface area contributed by atoms with Crippen LogP contribution in [0, 0.1) is 0 Å². The zero-order chi connectivity index (χ0) is 12.0. The van der Waals surface area contributed by atoms with E-state index < -0.39 is 16.0 Å². The summed E-state index contributed by atoms with van der Waals surface area (Å²) in [6.07, 6.45) is 2.90. The maximum Gasteiger partial charge on any atom is 0.600 e. The van der Waals surface area contributed by atoms with Crippen LogP contribution in [0.3, 0.4) is 0 Å². The summed E-state index contributed by atoms with van der Waals surface area (Å²) in [5, 5.41) is 0.759. The molecule has 0 N–H and O–H groups in total. The van der Waals surface area contributed by atoms with Crippen LogP contribution in [0.15, 0.2) is 30.3 Å². The number of hydrogen-bond donors (Lipinski definition) is 0. The SMILES string of the molecule is FC(F)(F)[s+]1c(C2CCC2)cc2ccccc21.[Cl-]. The Labute approximate surface area is 112 Å². The third-order valence-electron chi connectivity index (χ3n) is 3.41. The van der Waals surface area contributed by atoms with Gasteiger partial charge in [0.1, 0.15) is 0 Å². The van der Waals surface area contributed by atoms with Gasteiger partial charge in [-0.1, -0.05) is 18.6 Å². The van der Waals surface area contributed by atoms with Crippen LogP contribution in [0.4, 0.5) is 13.2 Å². The highest BCUT2D eigenvalue weighted by molar-refractivity contribution is 7.38. The van der Waals surface area contributed by atoms with E-state index in [0.717, 1.165) is 24.6 Å². The molecule has 0 amide bonds. The number of rotatable bonds is 1. The Morgan fingerprint density at radius 1 is 1.11 bits per heavy atom. The third-order valence-corrected chi connectivity index (χ3v) is 5.61. The molecule has 0 radical (unpaired) electrons. The first kappa shape index (κ1) is 13.7. The van der Waals surface area contributed by atoms with Gasteiger partial charge in [-0.15, -0.1) is 13.2 Å². The van der Waals surface area contributed by atoms with Crippen LogP contribution < -0.4 is 12.4 Å². The third kappa shape index (κ3) is 2.12. The number of thiophene rings is 1. The second kappa shape index (κ2) is 4.74. The van der Waals surface area contributed by atoms with Gasteiger partial charge in [0, 0.05) is 17.4 Å². The molecule has 3 rings (SSSR count). The molecule has 1 aromatic heterocycles. The molecule has 0 nitrogen and oxygen atoms in total. The first-order valence-corrected chi connectivity index (χ1v) is 6.91. The van der Waals surface area contributed by atoms with E-state index in [0.29, 0.717) is 9.58 Å². The van der Waals surface area contributed by atoms with Crippen molar-refractivity contribution in [3.8, 4) is 0 Å². The van der Waals surface area contributed by atoms with Gasteiger partial charge in [-0.2, -0.15) is 0 Å². The number of benzene rings is 1. The van der Waals surface area contributed by atoms with Gasteiger partial charge < -0.3 is 12.4 Å². The molecule has 18 heavy (non-hydrogen) atoms. The fraction of sp³-hybridized carbons (Fsp3) is 0.385. The first-order chi connectivity index (χ1) is 8.07. The Hall–Kier alpha value is -0.740. The first-order valence-electron chi connectivity index (χ1n) is 5.69. The molecular formula is C13H12ClF3S. The smallest absolute Gasteiger partial charge is 0.600 e. The molecule has 0 aliphatic heterocycles. The van der Waals surface area contributed by atoms with E-state index in [-0.39, 0.29) is 18.3 Å². The molecule has 98 valence electrons. The predicted molar refractivity (Wildman–Crippen MR) is 64.3 cm³/mol. The van der Waals surface area contributed by atoms with Crippen molar-refractivity contribution in [2.45, 2.75) is 30.7 Å². The molecule has 0 saturated heterocycles. The van der Waals surface area contributed by atoms with Crippen molar-refractivity contribution in [3.05, 3.63) is 35.2 Å². The highest BCUT2D eigenvalue weighted by Crippen LogP contribution is 2.55. The van der Waals surface area contributed by atoms with Crippen LogP contribution in [0.2, 0.25) is 0 Å². The van der Waals surface area contributed by atoms with Gasteiger partial charge in [0.2, 0.25) is 0 Å². The van der Waals surface area contributed by atoms with Crippen molar-refractivity contribution >= 4 is 20.6 Å². The Morgan fingerprint density at radius 3 is 2.33 bits per heavy atom. The average molecular weight is 293 g/mol. The summed E-state index contributed by atoms with van der Waals surface area (Å²) in [7, 11) is -1.67. The lowest BCUT2D eigenvalue weighted by molar-refractivity contribution is -0.0868. The molecule has 5 heteroatoms. The van der Waals surface area contributed by atoms with Crippen LogP contribution in [0.1, 0.15) is 30.1 Å². The van der Waals surface area contributed by atoms with Gasteiger partial charge in [0.05, 0.1) is 10.5 Å². The maximum atomic E-state index is 13.2. The second-order valence-corrected chi connectivity index (χ2v) is 6.45. The maximum absolute atomic E-state index is 13.2. The highest BCUT2D eigenvalue weighted by atomic mass is 35.5. The van der Waals surface area contributed by atoms with Crippen LogP contribution in [-0.4, -0.2) is 0 Å². The molecular weight excluding hydrogens is 281 g/mol. The fourth-order valence-corrected chi connectivity index (χ4v) is 4.52. The van der Waals surface area contributed by atoms with Crippen LogP contribution in [0.25, 0.3) is 10.1 Å². The minimum Gasteiger partial charge on any atom is -1.00 e. The largest absolute Gasteiger partial charge is 1.00 e. The lowest BCUT2D eigenvalue weighted by atomic mass is 9.84. The number of halogens is 4. The summed E-state index contributed by atoms with van der Waals surface area (Å²) >= 11 is 0. The van der Waals surface area contributed by atoms with Crippen molar-refractivity contribution in [2.75, 3.05) is 0 Å². The molecule has 1 saturated carbocycles. The molecule has 0 spiro atoms. The van der Waals surface area contributed by atoms with Crippen molar-refractivity contribution in [1.29, 1.82) is 0 Å². The molecule has 1 aliphatic rings. The minimum absolute atomic E-state index is 0. The van der Waals surface area contributed by atoms with Gasteiger partial charge in [-0.05, 0) is 25.0 Å². The predicted octanol–water partition coefficient (Wildman–Crippen LogP) is 2.34. The second-order valence-electron chi connectivity index (χ2n) is 4.46. The Balaban J connectivity index is 0.00000120. The van der Waals surface area contributed by atoms with E-state index in [1.807, 2.05) is 0 Å². The van der Waals surface area contributed by atoms with Crippen molar-refractivity contribution in [3.63, 3.8) is 0 Å². The van der Waals surface area contributed by atoms with E-state index >= 15 is 0 Å². The summed E-state index contributed by atoms with van der Waals surface area (Å²) in [6, 6.07) is 8.68. The van der Waals surface area contributed by atoms with Crippen LogP contribution in [-0.2, 0) is 5.51 Å². The fourth-order valence-electron chi connectivity index (χ4n) is 2.36. The van der Waals surface area contributed by atoms with Gasteiger partial charge in [-0.25, -0.2) is 0 Å². The molecule has 0 bridgehead atoms. The molecule has 2 aromatic rings. The van der Waals surface area contributed by atoms with E-state index in [4.69, 9.17) is 0 Å². The molecule has 1 aromatic carbocycles. The number of fused-ring (bicyclic) bond motifs is 1. The molecule has 1 unspecified atom stereocenters. The number of alkyl halides is 3. The van der Waals surface area contributed by atoms with Gasteiger partial charge in [-0.3, -0.25) is 0 Å². The van der Waals surface area contributed by atoms with E-state index in [2.05, 4.69) is 0 Å². The lowest BCUT2D eigenvalue weighted by Gasteiger charge is -2.21. The van der Waals surface area contributed by atoms with Crippen molar-refractivity contribution in [1.82, 2.24) is 0 Å². The zero-order valence-corrected chi connectivity index (χ0v) is 11.1. The minimum atomic E-state index is -4.13. The van der Waals surface area contributed by atoms with Gasteiger partial charge in [0.25, 0.3) is 0 Å². The highest BCUT2D eigenvalue weighted by Gasteiger charge is 2.49. The molecule has 1 fully saturated rings. The average Bonchev–Trinajstić information content (AvgIpc) is 2.52. The van der Waals surface area contributed by atoms with E-state index in [1.165, 1.54) is 0 Å². The summed E-state index contributed by atoms with van der Waals surface area (Å²) in [4.78, 5) is 0.616. The Kier molecular flexibility index (Phi) is 3.60.